The average molecular weight is 304 g/mol. The van der Waals surface area contributed by atoms with Gasteiger partial charge in [0.25, 0.3) is 0 Å². The van der Waals surface area contributed by atoms with Crippen molar-refractivity contribution in [2.75, 3.05) is 5.32 Å². The fourth-order valence-corrected chi connectivity index (χ4v) is 2.23. The molecule has 1 aromatic carbocycles. The van der Waals surface area contributed by atoms with Gasteiger partial charge in [0.1, 0.15) is 0 Å². The standard InChI is InChI=1S/C16H18ClN3O/c1-10-5-6-13(9-15(10)17)18-16(21)8-7-14-11(2)19-20(4)12(14)3/h5-9H,1-4H3,(H,18,21)/b8-7+. The van der Waals surface area contributed by atoms with E-state index in [0.29, 0.717) is 10.7 Å². The summed E-state index contributed by atoms with van der Waals surface area (Å²) in [6.45, 7) is 5.81. The number of benzene rings is 1. The molecule has 0 spiro atoms. The fraction of sp³-hybridized carbons (Fsp3) is 0.250. The zero-order chi connectivity index (χ0) is 15.6. The molecule has 0 bridgehead atoms. The molecule has 5 heteroatoms. The SMILES string of the molecule is Cc1ccc(NC(=O)/C=C/c2c(C)nn(C)c2C)cc1Cl. The highest BCUT2D eigenvalue weighted by atomic mass is 35.5. The lowest BCUT2D eigenvalue weighted by Crippen LogP contribution is -2.07. The third-order valence-electron chi connectivity index (χ3n) is 3.41. The van der Waals surface area contributed by atoms with E-state index in [0.717, 1.165) is 22.5 Å². The van der Waals surface area contributed by atoms with E-state index in [4.69, 9.17) is 11.6 Å². The number of hydrogen-bond donors (Lipinski definition) is 1. The number of halogens is 1. The van der Waals surface area contributed by atoms with Gasteiger partial charge in [0.05, 0.1) is 5.69 Å². The minimum absolute atomic E-state index is 0.197. The molecular weight excluding hydrogens is 286 g/mol. The quantitative estimate of drug-likeness (QED) is 0.880. The molecule has 21 heavy (non-hydrogen) atoms. The third-order valence-corrected chi connectivity index (χ3v) is 3.81. The zero-order valence-electron chi connectivity index (χ0n) is 12.6. The summed E-state index contributed by atoms with van der Waals surface area (Å²) in [5.41, 5.74) is 4.55. The molecule has 1 N–H and O–H groups in total. The van der Waals surface area contributed by atoms with Crippen LogP contribution in [0.4, 0.5) is 5.69 Å². The van der Waals surface area contributed by atoms with Crippen molar-refractivity contribution in [3.8, 4) is 0 Å². The Hall–Kier alpha value is -2.07. The molecule has 0 unspecified atom stereocenters. The number of amides is 1. The van der Waals surface area contributed by atoms with Crippen LogP contribution in [0.1, 0.15) is 22.5 Å². The van der Waals surface area contributed by atoms with Crippen LogP contribution in [0.25, 0.3) is 6.08 Å². The van der Waals surface area contributed by atoms with Gasteiger partial charge in [-0.15, -0.1) is 0 Å². The van der Waals surface area contributed by atoms with E-state index in [9.17, 15) is 4.79 Å². The highest BCUT2D eigenvalue weighted by Gasteiger charge is 2.07. The monoisotopic (exact) mass is 303 g/mol. The number of anilines is 1. The van der Waals surface area contributed by atoms with Gasteiger partial charge >= 0.3 is 0 Å². The molecule has 1 amide bonds. The summed E-state index contributed by atoms with van der Waals surface area (Å²) in [7, 11) is 1.88. The largest absolute Gasteiger partial charge is 0.322 e. The van der Waals surface area contributed by atoms with E-state index < -0.39 is 0 Å². The Balaban J connectivity index is 2.11. The minimum Gasteiger partial charge on any atom is -0.322 e. The first-order chi connectivity index (χ1) is 9.88. The first kappa shape index (κ1) is 15.3. The topological polar surface area (TPSA) is 46.9 Å². The van der Waals surface area contributed by atoms with Crippen molar-refractivity contribution in [3.63, 3.8) is 0 Å². The maximum Gasteiger partial charge on any atom is 0.248 e. The van der Waals surface area contributed by atoms with Crippen molar-refractivity contribution < 1.29 is 4.79 Å². The molecule has 2 aromatic rings. The van der Waals surface area contributed by atoms with Crippen molar-refractivity contribution in [2.45, 2.75) is 20.8 Å². The maximum absolute atomic E-state index is 11.9. The zero-order valence-corrected chi connectivity index (χ0v) is 13.3. The third kappa shape index (κ3) is 3.52. The van der Waals surface area contributed by atoms with Crippen molar-refractivity contribution in [2.24, 2.45) is 7.05 Å². The summed E-state index contributed by atoms with van der Waals surface area (Å²) in [5, 5.41) is 7.73. The molecule has 0 saturated heterocycles. The molecule has 1 heterocycles. The van der Waals surface area contributed by atoms with E-state index in [-0.39, 0.29) is 5.91 Å². The first-order valence-electron chi connectivity index (χ1n) is 6.64. The van der Waals surface area contributed by atoms with Gasteiger partial charge in [-0.2, -0.15) is 5.10 Å². The molecule has 110 valence electrons. The van der Waals surface area contributed by atoms with Crippen LogP contribution >= 0.6 is 11.6 Å². The van der Waals surface area contributed by atoms with Crippen LogP contribution in [0, 0.1) is 20.8 Å². The van der Waals surface area contributed by atoms with Gasteiger partial charge in [-0.05, 0) is 44.5 Å². The number of nitrogens with one attached hydrogen (secondary N) is 1. The number of carbonyl (C=O) groups is 1. The molecule has 4 nitrogen and oxygen atoms in total. The molecule has 0 radical (unpaired) electrons. The van der Waals surface area contributed by atoms with Gasteiger partial charge in [0.2, 0.25) is 5.91 Å². The van der Waals surface area contributed by atoms with Gasteiger partial charge in [0, 0.05) is 35.1 Å². The summed E-state index contributed by atoms with van der Waals surface area (Å²) >= 11 is 6.03. The summed E-state index contributed by atoms with van der Waals surface area (Å²) in [6, 6.07) is 5.44. The van der Waals surface area contributed by atoms with E-state index >= 15 is 0 Å². The minimum atomic E-state index is -0.197. The predicted octanol–water partition coefficient (Wildman–Crippen LogP) is 3.65. The van der Waals surface area contributed by atoms with Gasteiger partial charge in [-0.1, -0.05) is 17.7 Å². The molecule has 0 aliphatic carbocycles. The Morgan fingerprint density at radius 3 is 2.62 bits per heavy atom. The second kappa shape index (κ2) is 6.14. The lowest BCUT2D eigenvalue weighted by atomic mass is 10.2. The number of aromatic nitrogens is 2. The summed E-state index contributed by atoms with van der Waals surface area (Å²) in [5.74, 6) is -0.197. The fourth-order valence-electron chi connectivity index (χ4n) is 2.04. The number of hydrogen-bond acceptors (Lipinski definition) is 2. The summed E-state index contributed by atoms with van der Waals surface area (Å²) < 4.78 is 1.80. The molecule has 0 atom stereocenters. The van der Waals surface area contributed by atoms with Crippen LogP contribution in [0.5, 0.6) is 0 Å². The number of carbonyl (C=O) groups excluding carboxylic acids is 1. The number of aryl methyl sites for hydroxylation is 3. The van der Waals surface area contributed by atoms with Crippen molar-refractivity contribution in [1.29, 1.82) is 0 Å². The highest BCUT2D eigenvalue weighted by Crippen LogP contribution is 2.20. The van der Waals surface area contributed by atoms with E-state index in [1.54, 1.807) is 16.8 Å². The summed E-state index contributed by atoms with van der Waals surface area (Å²) in [6.07, 6.45) is 3.29. The number of nitrogens with zero attached hydrogens (tertiary/aromatic N) is 2. The van der Waals surface area contributed by atoms with Crippen LogP contribution in [-0.4, -0.2) is 15.7 Å². The average Bonchev–Trinajstić information content (AvgIpc) is 2.66. The van der Waals surface area contributed by atoms with Crippen LogP contribution in [0.15, 0.2) is 24.3 Å². The molecule has 0 fully saturated rings. The van der Waals surface area contributed by atoms with Gasteiger partial charge < -0.3 is 5.32 Å². The van der Waals surface area contributed by atoms with E-state index in [1.807, 2.05) is 40.0 Å². The molecular formula is C16H18ClN3O. The van der Waals surface area contributed by atoms with Crippen LogP contribution < -0.4 is 5.32 Å². The lowest BCUT2D eigenvalue weighted by molar-refractivity contribution is -0.111. The Morgan fingerprint density at radius 2 is 2.05 bits per heavy atom. The Morgan fingerprint density at radius 1 is 1.33 bits per heavy atom. The first-order valence-corrected chi connectivity index (χ1v) is 7.01. The Bertz CT molecular complexity index is 717. The second-order valence-electron chi connectivity index (χ2n) is 4.99. The van der Waals surface area contributed by atoms with E-state index in [2.05, 4.69) is 10.4 Å². The molecule has 0 aliphatic heterocycles. The molecule has 2 rings (SSSR count). The molecule has 0 saturated carbocycles. The highest BCUT2D eigenvalue weighted by molar-refractivity contribution is 6.31. The normalized spacial score (nSPS) is 11.1. The van der Waals surface area contributed by atoms with Crippen LogP contribution in [0.3, 0.4) is 0 Å². The Labute approximate surface area is 129 Å². The van der Waals surface area contributed by atoms with E-state index in [1.165, 1.54) is 6.08 Å². The summed E-state index contributed by atoms with van der Waals surface area (Å²) in [4.78, 5) is 11.9. The van der Waals surface area contributed by atoms with Crippen LogP contribution in [0.2, 0.25) is 5.02 Å². The van der Waals surface area contributed by atoms with Gasteiger partial charge in [0.15, 0.2) is 0 Å². The second-order valence-corrected chi connectivity index (χ2v) is 5.40. The smallest absolute Gasteiger partial charge is 0.248 e. The van der Waals surface area contributed by atoms with Gasteiger partial charge in [-0.3, -0.25) is 9.48 Å². The maximum atomic E-state index is 11.9. The molecule has 0 aliphatic rings. The van der Waals surface area contributed by atoms with Crippen molar-refractivity contribution in [3.05, 3.63) is 51.8 Å². The number of rotatable bonds is 3. The van der Waals surface area contributed by atoms with Crippen molar-refractivity contribution >= 4 is 29.3 Å². The van der Waals surface area contributed by atoms with Crippen LogP contribution in [-0.2, 0) is 11.8 Å². The lowest BCUT2D eigenvalue weighted by Gasteiger charge is -2.04. The molecule has 1 aromatic heterocycles. The van der Waals surface area contributed by atoms with Crippen molar-refractivity contribution in [1.82, 2.24) is 9.78 Å². The van der Waals surface area contributed by atoms with Gasteiger partial charge in [-0.25, -0.2) is 0 Å². The predicted molar refractivity (Wildman–Crippen MR) is 86.5 cm³/mol. The Kier molecular flexibility index (Phi) is 4.48.